The van der Waals surface area contributed by atoms with Gasteiger partial charge in [-0.25, -0.2) is 4.39 Å². The van der Waals surface area contributed by atoms with Crippen LogP contribution >= 0.6 is 11.6 Å². The van der Waals surface area contributed by atoms with E-state index in [0.717, 1.165) is 50.0 Å². The number of benzene rings is 3. The number of hydrogen-bond acceptors (Lipinski definition) is 1. The summed E-state index contributed by atoms with van der Waals surface area (Å²) in [6, 6.07) is 20.9. The Morgan fingerprint density at radius 3 is 2.49 bits per heavy atom. The molecule has 0 bridgehead atoms. The number of fused-ring (bicyclic) bond motifs is 1. The van der Waals surface area contributed by atoms with Gasteiger partial charge < -0.3 is 0 Å². The summed E-state index contributed by atoms with van der Waals surface area (Å²) in [6.45, 7) is 4.24. The summed E-state index contributed by atoms with van der Waals surface area (Å²) in [6.07, 6.45) is 5.75. The Morgan fingerprint density at radius 1 is 0.943 bits per heavy atom. The molecule has 1 heterocycles. The first-order valence-corrected chi connectivity index (χ1v) is 12.8. The standard InChI is InChI=1S/C31H30ClF2N/c1-21-26(14-15-29(32)31(21)34)28-9-4-7-24-6-2-3-8-27(24)30(28)25-12-10-22(11-13-25)18-23-19-35(20-23)17-5-16-33/h2-3,6,8,10-15,18H,4-5,7,9,16-17,19-20H2,1H3. The SMILES string of the molecule is Cc1c(C2=C(c3ccc(C=C4CN(CCCF)C4)cc3)c3ccccc3CCC2)ccc(Cl)c1F. The molecule has 4 heteroatoms. The number of aryl methyl sites for hydroxylation is 1. The molecule has 3 aromatic carbocycles. The lowest BCUT2D eigenvalue weighted by Gasteiger charge is -2.33. The van der Waals surface area contributed by atoms with Crippen molar-refractivity contribution < 1.29 is 8.78 Å². The fourth-order valence-corrected chi connectivity index (χ4v) is 5.55. The highest BCUT2D eigenvalue weighted by Gasteiger charge is 2.23. The molecule has 0 aromatic heterocycles. The summed E-state index contributed by atoms with van der Waals surface area (Å²) in [4.78, 5) is 2.27. The molecule has 0 radical (unpaired) electrons. The zero-order valence-electron chi connectivity index (χ0n) is 20.1. The highest BCUT2D eigenvalue weighted by Crippen LogP contribution is 2.41. The van der Waals surface area contributed by atoms with E-state index in [1.54, 1.807) is 6.07 Å². The minimum Gasteiger partial charge on any atom is -0.295 e. The number of allylic oxidation sites excluding steroid dienone is 1. The van der Waals surface area contributed by atoms with Crippen molar-refractivity contribution in [2.24, 2.45) is 0 Å². The molecule has 180 valence electrons. The van der Waals surface area contributed by atoms with Crippen molar-refractivity contribution in [2.75, 3.05) is 26.3 Å². The third-order valence-electron chi connectivity index (χ3n) is 7.16. The molecule has 1 aliphatic heterocycles. The number of likely N-dealkylation sites (tertiary alicyclic amines) is 1. The Labute approximate surface area is 211 Å². The summed E-state index contributed by atoms with van der Waals surface area (Å²) < 4.78 is 27.2. The lowest BCUT2D eigenvalue weighted by Crippen LogP contribution is -2.40. The van der Waals surface area contributed by atoms with E-state index in [9.17, 15) is 8.78 Å². The van der Waals surface area contributed by atoms with Crippen LogP contribution in [0.3, 0.4) is 0 Å². The zero-order valence-corrected chi connectivity index (χ0v) is 20.8. The van der Waals surface area contributed by atoms with Crippen LogP contribution in [0.1, 0.15) is 52.6 Å². The lowest BCUT2D eigenvalue weighted by atomic mass is 9.86. The number of halogens is 3. The third-order valence-corrected chi connectivity index (χ3v) is 7.45. The van der Waals surface area contributed by atoms with E-state index in [1.807, 2.05) is 13.0 Å². The average Bonchev–Trinajstić information content (AvgIpc) is 3.04. The molecule has 1 fully saturated rings. The van der Waals surface area contributed by atoms with E-state index in [-0.39, 0.29) is 17.5 Å². The smallest absolute Gasteiger partial charge is 0.145 e. The molecule has 0 saturated carbocycles. The molecule has 0 spiro atoms. The molecule has 0 amide bonds. The monoisotopic (exact) mass is 489 g/mol. The van der Waals surface area contributed by atoms with Crippen molar-refractivity contribution in [1.29, 1.82) is 0 Å². The Bertz CT molecular complexity index is 1280. The van der Waals surface area contributed by atoms with Crippen LogP contribution in [0.15, 0.2) is 66.2 Å². The maximum atomic E-state index is 14.8. The van der Waals surface area contributed by atoms with E-state index in [2.05, 4.69) is 59.5 Å². The minimum absolute atomic E-state index is 0.166. The van der Waals surface area contributed by atoms with Crippen molar-refractivity contribution in [3.63, 3.8) is 0 Å². The van der Waals surface area contributed by atoms with Gasteiger partial charge in [0.15, 0.2) is 0 Å². The normalized spacial score (nSPS) is 16.1. The second kappa shape index (κ2) is 10.5. The van der Waals surface area contributed by atoms with E-state index in [1.165, 1.54) is 33.4 Å². The molecule has 1 aliphatic carbocycles. The van der Waals surface area contributed by atoms with Gasteiger partial charge in [0.2, 0.25) is 0 Å². The fourth-order valence-electron chi connectivity index (χ4n) is 5.35. The van der Waals surface area contributed by atoms with Crippen LogP contribution in [0.2, 0.25) is 5.02 Å². The zero-order chi connectivity index (χ0) is 24.4. The summed E-state index contributed by atoms with van der Waals surface area (Å²) in [7, 11) is 0. The minimum atomic E-state index is -0.337. The van der Waals surface area contributed by atoms with Crippen molar-refractivity contribution in [2.45, 2.75) is 32.6 Å². The first-order chi connectivity index (χ1) is 17.0. The van der Waals surface area contributed by atoms with Crippen LogP contribution in [0.25, 0.3) is 17.2 Å². The molecule has 1 saturated heterocycles. The van der Waals surface area contributed by atoms with Crippen LogP contribution in [-0.4, -0.2) is 31.2 Å². The van der Waals surface area contributed by atoms with Crippen molar-refractivity contribution in [3.8, 4) is 0 Å². The van der Waals surface area contributed by atoms with E-state index in [4.69, 9.17) is 11.6 Å². The summed E-state index contributed by atoms with van der Waals surface area (Å²) in [5.41, 5.74) is 10.2. The van der Waals surface area contributed by atoms with Gasteiger partial charge in [0.05, 0.1) is 11.7 Å². The van der Waals surface area contributed by atoms with Gasteiger partial charge >= 0.3 is 0 Å². The van der Waals surface area contributed by atoms with Gasteiger partial charge in [0.25, 0.3) is 0 Å². The summed E-state index contributed by atoms with van der Waals surface area (Å²) in [5.74, 6) is -0.337. The average molecular weight is 490 g/mol. The van der Waals surface area contributed by atoms with Crippen molar-refractivity contribution in [3.05, 3.63) is 110 Å². The predicted molar refractivity (Wildman–Crippen MR) is 143 cm³/mol. The second-order valence-electron chi connectivity index (χ2n) is 9.58. The lowest BCUT2D eigenvalue weighted by molar-refractivity contribution is 0.239. The van der Waals surface area contributed by atoms with Gasteiger partial charge in [-0.3, -0.25) is 9.29 Å². The maximum absolute atomic E-state index is 14.8. The first-order valence-electron chi connectivity index (χ1n) is 12.4. The van der Waals surface area contributed by atoms with Gasteiger partial charge in [0, 0.05) is 19.6 Å². The van der Waals surface area contributed by atoms with E-state index in [0.29, 0.717) is 12.0 Å². The Hall–Kier alpha value is -2.75. The van der Waals surface area contributed by atoms with E-state index < -0.39 is 0 Å². The molecule has 0 atom stereocenters. The number of rotatable bonds is 6. The Morgan fingerprint density at radius 2 is 1.71 bits per heavy atom. The number of alkyl halides is 1. The molecule has 0 unspecified atom stereocenters. The van der Waals surface area contributed by atoms with Gasteiger partial charge in [-0.1, -0.05) is 72.3 Å². The topological polar surface area (TPSA) is 3.24 Å². The van der Waals surface area contributed by atoms with Crippen LogP contribution < -0.4 is 0 Å². The molecule has 2 aliphatic rings. The summed E-state index contributed by atoms with van der Waals surface area (Å²) >= 11 is 6.08. The highest BCUT2D eigenvalue weighted by molar-refractivity contribution is 6.30. The summed E-state index contributed by atoms with van der Waals surface area (Å²) in [5, 5.41) is 0.166. The molecular weight excluding hydrogens is 460 g/mol. The predicted octanol–water partition coefficient (Wildman–Crippen LogP) is 8.14. The molecule has 35 heavy (non-hydrogen) atoms. The van der Waals surface area contributed by atoms with Gasteiger partial charge in [-0.15, -0.1) is 0 Å². The second-order valence-corrected chi connectivity index (χ2v) is 9.98. The van der Waals surface area contributed by atoms with Gasteiger partial charge in [0.1, 0.15) is 5.82 Å². The molecule has 3 aromatic rings. The third kappa shape index (κ3) is 4.98. The Kier molecular flexibility index (Phi) is 7.17. The molecule has 5 rings (SSSR count). The van der Waals surface area contributed by atoms with E-state index >= 15 is 0 Å². The fraction of sp³-hybridized carbons (Fsp3) is 0.290. The number of hydrogen-bond donors (Lipinski definition) is 0. The number of nitrogens with zero attached hydrogens (tertiary/aromatic N) is 1. The highest BCUT2D eigenvalue weighted by atomic mass is 35.5. The van der Waals surface area contributed by atoms with Crippen LogP contribution in [0.4, 0.5) is 8.78 Å². The van der Waals surface area contributed by atoms with Crippen LogP contribution in [0.5, 0.6) is 0 Å². The van der Waals surface area contributed by atoms with Gasteiger partial charge in [-0.2, -0.15) is 0 Å². The molecule has 0 N–H and O–H groups in total. The van der Waals surface area contributed by atoms with Crippen molar-refractivity contribution >= 4 is 28.8 Å². The first kappa shape index (κ1) is 24.0. The molecule has 1 nitrogen and oxygen atoms in total. The largest absolute Gasteiger partial charge is 0.295 e. The van der Waals surface area contributed by atoms with Crippen LogP contribution in [0, 0.1) is 12.7 Å². The molecular formula is C31H30ClF2N. The Balaban J connectivity index is 1.54. The maximum Gasteiger partial charge on any atom is 0.145 e. The van der Waals surface area contributed by atoms with Gasteiger partial charge in [-0.05, 0) is 88.8 Å². The quantitative estimate of drug-likeness (QED) is 0.337. The van der Waals surface area contributed by atoms with Crippen LogP contribution in [-0.2, 0) is 6.42 Å². The van der Waals surface area contributed by atoms with Crippen molar-refractivity contribution in [1.82, 2.24) is 4.90 Å².